The van der Waals surface area contributed by atoms with E-state index >= 15 is 0 Å². The van der Waals surface area contributed by atoms with E-state index in [1.807, 2.05) is 12.1 Å². The average Bonchev–Trinajstić information content (AvgIpc) is 3.10. The van der Waals surface area contributed by atoms with Gasteiger partial charge in [0, 0.05) is 22.6 Å². The van der Waals surface area contributed by atoms with Crippen LogP contribution in [0.3, 0.4) is 0 Å². The number of carboxylic acids is 1. The van der Waals surface area contributed by atoms with Crippen LogP contribution in [-0.2, 0) is 4.74 Å². The topological polar surface area (TPSA) is 76.0 Å². The number of rotatable bonds is 3. The zero-order valence-electron chi connectivity index (χ0n) is 11.3. The maximum atomic E-state index is 11.7. The van der Waals surface area contributed by atoms with Gasteiger partial charge in [0.05, 0.1) is 6.61 Å². The molecular weight excluding hydrogens is 291 g/mol. The Bertz CT molecular complexity index is 601. The monoisotopic (exact) mass is 306 g/mol. The first-order valence-electron chi connectivity index (χ1n) is 7.14. The van der Waals surface area contributed by atoms with Crippen LogP contribution in [0.4, 0.5) is 0 Å². The Morgan fingerprint density at radius 3 is 3.00 bits per heavy atom. The maximum Gasteiger partial charge on any atom is 0.526 e. The Labute approximate surface area is 126 Å². The molecule has 0 bridgehead atoms. The number of benzene rings is 1. The number of hydrogen-bond donors (Lipinski definition) is 2. The molecule has 3 aliphatic rings. The van der Waals surface area contributed by atoms with Gasteiger partial charge in [0.15, 0.2) is 0 Å². The van der Waals surface area contributed by atoms with E-state index in [-0.39, 0.29) is 22.5 Å². The highest BCUT2D eigenvalue weighted by Gasteiger charge is 2.54. The van der Waals surface area contributed by atoms with E-state index in [9.17, 15) is 14.9 Å². The minimum absolute atomic E-state index is 0.126. The molecule has 1 aliphatic carbocycles. The second-order valence-corrected chi connectivity index (χ2v) is 7.12. The van der Waals surface area contributed by atoms with Gasteiger partial charge < -0.3 is 19.5 Å². The minimum Gasteiger partial charge on any atom is -0.535 e. The number of fused-ring (bicyclic) bond motifs is 3. The van der Waals surface area contributed by atoms with Gasteiger partial charge in [-0.25, -0.2) is 4.79 Å². The van der Waals surface area contributed by atoms with Gasteiger partial charge in [-0.15, -0.1) is 11.8 Å². The molecule has 0 unspecified atom stereocenters. The van der Waals surface area contributed by atoms with Crippen molar-refractivity contribution in [3.8, 4) is 5.75 Å². The number of carbonyl (C=O) groups is 1. The van der Waals surface area contributed by atoms with Crippen molar-refractivity contribution in [1.29, 1.82) is 0 Å². The van der Waals surface area contributed by atoms with Crippen LogP contribution in [0.5, 0.6) is 5.75 Å². The Hall–Kier alpha value is -1.18. The lowest BCUT2D eigenvalue weighted by Crippen LogP contribution is -2.27. The molecule has 0 spiro atoms. The molecule has 7 heteroatoms. The lowest BCUT2D eigenvalue weighted by molar-refractivity contribution is 0.0690. The second-order valence-electron chi connectivity index (χ2n) is 5.78. The molecule has 0 amide bonds. The molecule has 2 aliphatic heterocycles. The summed E-state index contributed by atoms with van der Waals surface area (Å²) in [7, 11) is -0.879. The van der Waals surface area contributed by atoms with Crippen LogP contribution in [0.1, 0.15) is 34.7 Å². The van der Waals surface area contributed by atoms with Crippen molar-refractivity contribution in [1.82, 2.24) is 0 Å². The molecule has 1 saturated heterocycles. The normalized spacial score (nSPS) is 29.6. The van der Waals surface area contributed by atoms with E-state index in [1.165, 1.54) is 11.8 Å². The summed E-state index contributed by atoms with van der Waals surface area (Å²) in [5.41, 5.74) is 1.11. The summed E-state index contributed by atoms with van der Waals surface area (Å²) in [6.07, 6.45) is 1.80. The molecule has 21 heavy (non-hydrogen) atoms. The predicted molar refractivity (Wildman–Crippen MR) is 78.2 cm³/mol. The van der Waals surface area contributed by atoms with Gasteiger partial charge in [0.2, 0.25) is 0 Å². The standard InChI is InChI=1S/C14H15BO5S/c16-14(17)12-11(21-7-3-4-19-6-7)2-1-8-9-5-10(9)15(18)20-13(8)12/h1-2,7,9-10,18H,3-6H2,(H,16,17)/t7-,9+,10+/m0/s1. The lowest BCUT2D eigenvalue weighted by Gasteiger charge is -2.23. The zero-order valence-corrected chi connectivity index (χ0v) is 12.1. The summed E-state index contributed by atoms with van der Waals surface area (Å²) in [6.45, 7) is 1.37. The van der Waals surface area contributed by atoms with Crippen molar-refractivity contribution >= 4 is 24.8 Å². The van der Waals surface area contributed by atoms with Crippen molar-refractivity contribution in [3.05, 3.63) is 23.3 Å². The number of aromatic carboxylic acids is 1. The fourth-order valence-corrected chi connectivity index (χ4v) is 4.36. The van der Waals surface area contributed by atoms with E-state index in [2.05, 4.69) is 0 Å². The van der Waals surface area contributed by atoms with Crippen LogP contribution in [0.25, 0.3) is 0 Å². The summed E-state index contributed by atoms with van der Waals surface area (Å²) < 4.78 is 10.9. The summed E-state index contributed by atoms with van der Waals surface area (Å²) in [5, 5.41) is 19.8. The van der Waals surface area contributed by atoms with Crippen LogP contribution < -0.4 is 4.65 Å². The van der Waals surface area contributed by atoms with Gasteiger partial charge in [0.25, 0.3) is 0 Å². The van der Waals surface area contributed by atoms with Gasteiger partial charge in [-0.05, 0) is 30.4 Å². The molecule has 4 rings (SSSR count). The molecular formula is C14H15BO5S. The highest BCUT2D eigenvalue weighted by molar-refractivity contribution is 8.00. The molecule has 2 N–H and O–H groups in total. The third-order valence-electron chi connectivity index (χ3n) is 4.39. The predicted octanol–water partition coefficient (Wildman–Crippen LogP) is 2.00. The summed E-state index contributed by atoms with van der Waals surface area (Å²) >= 11 is 1.53. The lowest BCUT2D eigenvalue weighted by atomic mass is 9.77. The van der Waals surface area contributed by atoms with Crippen LogP contribution in [0.15, 0.2) is 17.0 Å². The Kier molecular flexibility index (Phi) is 3.17. The molecule has 1 aromatic carbocycles. The largest absolute Gasteiger partial charge is 0.535 e. The Balaban J connectivity index is 1.74. The van der Waals surface area contributed by atoms with E-state index in [4.69, 9.17) is 9.39 Å². The minimum atomic E-state index is -1.00. The molecule has 5 nitrogen and oxygen atoms in total. The SMILES string of the molecule is O=C(O)c1c(S[C@H]2CCOC2)ccc2c1OB(O)[C@@H]1C[C@H]21. The molecule has 0 radical (unpaired) electrons. The highest BCUT2D eigenvalue weighted by atomic mass is 32.2. The maximum absolute atomic E-state index is 11.7. The van der Waals surface area contributed by atoms with E-state index in [1.54, 1.807) is 0 Å². The molecule has 2 fully saturated rings. The van der Waals surface area contributed by atoms with Crippen LogP contribution in [0.2, 0.25) is 5.82 Å². The fourth-order valence-electron chi connectivity index (χ4n) is 3.18. The number of ether oxygens (including phenoxy) is 1. The first-order chi connectivity index (χ1) is 10.1. The van der Waals surface area contributed by atoms with E-state index in [0.29, 0.717) is 17.3 Å². The van der Waals surface area contributed by atoms with Gasteiger partial charge in [-0.2, -0.15) is 0 Å². The third-order valence-corrected chi connectivity index (χ3v) is 5.69. The quantitative estimate of drug-likeness (QED) is 0.832. The number of carboxylic acid groups (broad SMARTS) is 1. The van der Waals surface area contributed by atoms with Gasteiger partial charge in [-0.3, -0.25) is 0 Å². The molecule has 110 valence electrons. The average molecular weight is 306 g/mol. The molecule has 1 saturated carbocycles. The molecule has 2 heterocycles. The first kappa shape index (κ1) is 13.5. The van der Waals surface area contributed by atoms with Crippen LogP contribution >= 0.6 is 11.8 Å². The fraction of sp³-hybridized carbons (Fsp3) is 0.500. The van der Waals surface area contributed by atoms with Crippen LogP contribution in [-0.4, -0.2) is 41.7 Å². The van der Waals surface area contributed by atoms with Crippen molar-refractivity contribution < 1.29 is 24.3 Å². The number of thioether (sulfide) groups is 1. The van der Waals surface area contributed by atoms with Crippen molar-refractivity contribution in [3.63, 3.8) is 0 Å². The molecule has 3 atom stereocenters. The van der Waals surface area contributed by atoms with Gasteiger partial charge in [0.1, 0.15) is 11.3 Å². The molecule has 1 aromatic rings. The van der Waals surface area contributed by atoms with Gasteiger partial charge >= 0.3 is 13.1 Å². The Morgan fingerprint density at radius 1 is 1.43 bits per heavy atom. The van der Waals surface area contributed by atoms with Gasteiger partial charge in [-0.1, -0.05) is 6.07 Å². The Morgan fingerprint density at radius 2 is 2.29 bits per heavy atom. The second kappa shape index (κ2) is 4.93. The molecule has 0 aromatic heterocycles. The first-order valence-corrected chi connectivity index (χ1v) is 8.02. The van der Waals surface area contributed by atoms with Crippen molar-refractivity contribution in [2.24, 2.45) is 0 Å². The zero-order chi connectivity index (χ0) is 14.6. The van der Waals surface area contributed by atoms with Crippen LogP contribution in [0, 0.1) is 0 Å². The van der Waals surface area contributed by atoms with E-state index in [0.717, 1.165) is 25.0 Å². The smallest absolute Gasteiger partial charge is 0.526 e. The van der Waals surface area contributed by atoms with Crippen molar-refractivity contribution in [2.75, 3.05) is 13.2 Å². The highest BCUT2D eigenvalue weighted by Crippen LogP contribution is 2.60. The summed E-state index contributed by atoms with van der Waals surface area (Å²) in [5.74, 6) is -0.270. The third kappa shape index (κ3) is 2.24. The summed E-state index contributed by atoms with van der Waals surface area (Å²) in [6, 6.07) is 3.83. The number of hydrogen-bond acceptors (Lipinski definition) is 5. The van der Waals surface area contributed by atoms with Crippen molar-refractivity contribution in [2.45, 2.75) is 34.7 Å². The van der Waals surface area contributed by atoms with E-state index < -0.39 is 13.1 Å². The summed E-state index contributed by atoms with van der Waals surface area (Å²) in [4.78, 5) is 12.4.